The Bertz CT molecular complexity index is 608. The van der Waals surface area contributed by atoms with E-state index in [2.05, 4.69) is 17.6 Å². The van der Waals surface area contributed by atoms with Gasteiger partial charge in [-0.2, -0.15) is 0 Å². The molecule has 0 spiro atoms. The number of aromatic nitrogens is 2. The standard InChI is InChI=1S/C16H21ClN2O/c1-11-6-7-12(10-11)19-13-4-3-5-14(20-2)16(13)18-15(19)8-9-17/h3-5,11-12H,6-10H2,1-2H3. The fraction of sp³-hybridized carbons (Fsp3) is 0.562. The van der Waals surface area contributed by atoms with Crippen LogP contribution in [0.15, 0.2) is 18.2 Å². The zero-order valence-electron chi connectivity index (χ0n) is 12.1. The molecule has 2 atom stereocenters. The maximum absolute atomic E-state index is 5.96. The molecule has 3 rings (SSSR count). The molecule has 0 N–H and O–H groups in total. The van der Waals surface area contributed by atoms with Crippen LogP contribution in [0.5, 0.6) is 5.75 Å². The summed E-state index contributed by atoms with van der Waals surface area (Å²) in [5.74, 6) is 3.35. The summed E-state index contributed by atoms with van der Waals surface area (Å²) in [6.45, 7) is 2.33. The number of rotatable bonds is 4. The molecule has 108 valence electrons. The van der Waals surface area contributed by atoms with Crippen molar-refractivity contribution in [3.8, 4) is 5.75 Å². The Labute approximate surface area is 124 Å². The molecule has 0 aliphatic heterocycles. The van der Waals surface area contributed by atoms with Crippen LogP contribution >= 0.6 is 11.6 Å². The number of methoxy groups -OCH3 is 1. The van der Waals surface area contributed by atoms with Gasteiger partial charge in [0, 0.05) is 18.3 Å². The third-order valence-corrected chi connectivity index (χ3v) is 4.52. The Kier molecular flexibility index (Phi) is 3.88. The van der Waals surface area contributed by atoms with E-state index in [1.165, 1.54) is 24.8 Å². The van der Waals surface area contributed by atoms with Gasteiger partial charge in [0.15, 0.2) is 0 Å². The first-order valence-corrected chi connectivity index (χ1v) is 7.87. The molecule has 1 heterocycles. The largest absolute Gasteiger partial charge is 0.494 e. The Morgan fingerprint density at radius 2 is 2.25 bits per heavy atom. The van der Waals surface area contributed by atoms with E-state index in [1.54, 1.807) is 7.11 Å². The zero-order chi connectivity index (χ0) is 14.1. The van der Waals surface area contributed by atoms with Gasteiger partial charge < -0.3 is 9.30 Å². The van der Waals surface area contributed by atoms with Crippen LogP contribution in [0.2, 0.25) is 0 Å². The third-order valence-electron chi connectivity index (χ3n) is 4.33. The summed E-state index contributed by atoms with van der Waals surface area (Å²) in [4.78, 5) is 4.80. The Hall–Kier alpha value is -1.22. The van der Waals surface area contributed by atoms with Crippen LogP contribution in [-0.2, 0) is 6.42 Å². The van der Waals surface area contributed by atoms with Crippen molar-refractivity contribution in [3.05, 3.63) is 24.0 Å². The maximum atomic E-state index is 5.96. The van der Waals surface area contributed by atoms with Gasteiger partial charge in [0.1, 0.15) is 17.1 Å². The van der Waals surface area contributed by atoms with Gasteiger partial charge in [-0.3, -0.25) is 0 Å². The van der Waals surface area contributed by atoms with E-state index < -0.39 is 0 Å². The summed E-state index contributed by atoms with van der Waals surface area (Å²) in [6, 6.07) is 6.72. The first kappa shape index (κ1) is 13.7. The highest BCUT2D eigenvalue weighted by atomic mass is 35.5. The molecule has 1 fully saturated rings. The summed E-state index contributed by atoms with van der Waals surface area (Å²) in [5.41, 5.74) is 2.15. The smallest absolute Gasteiger partial charge is 0.146 e. The van der Waals surface area contributed by atoms with Crippen LogP contribution in [0.4, 0.5) is 0 Å². The molecule has 0 radical (unpaired) electrons. The van der Waals surface area contributed by atoms with Crippen molar-refractivity contribution in [1.82, 2.24) is 9.55 Å². The second-order valence-electron chi connectivity index (χ2n) is 5.74. The summed E-state index contributed by atoms with van der Waals surface area (Å²) in [5, 5.41) is 0. The van der Waals surface area contributed by atoms with E-state index >= 15 is 0 Å². The molecule has 4 heteroatoms. The van der Waals surface area contributed by atoms with Crippen molar-refractivity contribution in [1.29, 1.82) is 0 Å². The number of ether oxygens (including phenoxy) is 1. The molecule has 1 aromatic carbocycles. The number of benzene rings is 1. The number of para-hydroxylation sites is 1. The summed E-state index contributed by atoms with van der Waals surface area (Å²) < 4.78 is 7.86. The lowest BCUT2D eigenvalue weighted by molar-refractivity contribution is 0.419. The molecule has 0 bridgehead atoms. The Morgan fingerprint density at radius 1 is 1.40 bits per heavy atom. The highest BCUT2D eigenvalue weighted by Gasteiger charge is 2.26. The molecule has 3 nitrogen and oxygen atoms in total. The van der Waals surface area contributed by atoms with Gasteiger partial charge in [0.05, 0.1) is 12.6 Å². The van der Waals surface area contributed by atoms with E-state index in [9.17, 15) is 0 Å². The maximum Gasteiger partial charge on any atom is 0.146 e. The lowest BCUT2D eigenvalue weighted by Crippen LogP contribution is -2.10. The number of hydrogen-bond donors (Lipinski definition) is 0. The molecule has 1 saturated carbocycles. The van der Waals surface area contributed by atoms with Gasteiger partial charge in [-0.15, -0.1) is 11.6 Å². The van der Waals surface area contributed by atoms with Crippen LogP contribution in [-0.4, -0.2) is 22.5 Å². The molecule has 1 aliphatic rings. The fourth-order valence-electron chi connectivity index (χ4n) is 3.38. The first-order chi connectivity index (χ1) is 9.74. The molecular weight excluding hydrogens is 272 g/mol. The number of halogens is 1. The van der Waals surface area contributed by atoms with Crippen molar-refractivity contribution in [2.45, 2.75) is 38.6 Å². The van der Waals surface area contributed by atoms with Crippen LogP contribution in [0.3, 0.4) is 0 Å². The van der Waals surface area contributed by atoms with Crippen molar-refractivity contribution < 1.29 is 4.74 Å². The second-order valence-corrected chi connectivity index (χ2v) is 6.12. The number of hydrogen-bond acceptors (Lipinski definition) is 2. The van der Waals surface area contributed by atoms with Crippen molar-refractivity contribution in [2.24, 2.45) is 5.92 Å². The highest BCUT2D eigenvalue weighted by Crippen LogP contribution is 2.38. The van der Waals surface area contributed by atoms with Gasteiger partial charge in [0.2, 0.25) is 0 Å². The minimum absolute atomic E-state index is 0.556. The number of fused-ring (bicyclic) bond motifs is 1. The van der Waals surface area contributed by atoms with E-state index in [-0.39, 0.29) is 0 Å². The fourth-order valence-corrected chi connectivity index (χ4v) is 3.55. The third kappa shape index (κ3) is 2.28. The number of imidazole rings is 1. The molecular formula is C16H21ClN2O. The minimum atomic E-state index is 0.556. The predicted octanol–water partition coefficient (Wildman–Crippen LogP) is 4.19. The second kappa shape index (κ2) is 5.65. The van der Waals surface area contributed by atoms with Crippen molar-refractivity contribution in [2.75, 3.05) is 13.0 Å². The monoisotopic (exact) mass is 292 g/mol. The average molecular weight is 293 g/mol. The molecule has 2 unspecified atom stereocenters. The molecule has 1 aromatic heterocycles. The van der Waals surface area contributed by atoms with Gasteiger partial charge >= 0.3 is 0 Å². The first-order valence-electron chi connectivity index (χ1n) is 7.34. The van der Waals surface area contributed by atoms with E-state index in [0.717, 1.165) is 29.4 Å². The summed E-state index contributed by atoms with van der Waals surface area (Å²) in [7, 11) is 1.70. The predicted molar refractivity (Wildman–Crippen MR) is 82.8 cm³/mol. The molecule has 20 heavy (non-hydrogen) atoms. The average Bonchev–Trinajstić information content (AvgIpc) is 3.01. The molecule has 0 amide bonds. The van der Waals surface area contributed by atoms with Gasteiger partial charge in [-0.25, -0.2) is 4.98 Å². The van der Waals surface area contributed by atoms with Crippen LogP contribution in [0.1, 0.15) is 38.1 Å². The lowest BCUT2D eigenvalue weighted by Gasteiger charge is -2.16. The lowest BCUT2D eigenvalue weighted by atomic mass is 10.1. The molecule has 0 saturated heterocycles. The molecule has 2 aromatic rings. The highest BCUT2D eigenvalue weighted by molar-refractivity contribution is 6.17. The minimum Gasteiger partial charge on any atom is -0.494 e. The van der Waals surface area contributed by atoms with Crippen molar-refractivity contribution in [3.63, 3.8) is 0 Å². The van der Waals surface area contributed by atoms with E-state index in [0.29, 0.717) is 11.9 Å². The summed E-state index contributed by atoms with van der Waals surface area (Å²) >= 11 is 5.96. The number of aryl methyl sites for hydroxylation is 1. The number of nitrogens with zero attached hydrogens (tertiary/aromatic N) is 2. The number of alkyl halides is 1. The van der Waals surface area contributed by atoms with Gasteiger partial charge in [-0.05, 0) is 37.3 Å². The summed E-state index contributed by atoms with van der Waals surface area (Å²) in [6.07, 6.45) is 4.58. The SMILES string of the molecule is COc1cccc2c1nc(CCCl)n2C1CCC(C)C1. The Balaban J connectivity index is 2.14. The Morgan fingerprint density at radius 3 is 2.90 bits per heavy atom. The normalized spacial score (nSPS) is 22.6. The molecule has 1 aliphatic carbocycles. The van der Waals surface area contributed by atoms with Crippen LogP contribution in [0, 0.1) is 5.92 Å². The zero-order valence-corrected chi connectivity index (χ0v) is 12.9. The van der Waals surface area contributed by atoms with Gasteiger partial charge in [-0.1, -0.05) is 13.0 Å². The van der Waals surface area contributed by atoms with Gasteiger partial charge in [0.25, 0.3) is 0 Å². The van der Waals surface area contributed by atoms with Crippen molar-refractivity contribution >= 4 is 22.6 Å². The van der Waals surface area contributed by atoms with Crippen LogP contribution < -0.4 is 4.74 Å². The topological polar surface area (TPSA) is 27.1 Å². The quantitative estimate of drug-likeness (QED) is 0.790. The van der Waals surface area contributed by atoms with Crippen LogP contribution in [0.25, 0.3) is 11.0 Å². The van der Waals surface area contributed by atoms with E-state index in [4.69, 9.17) is 21.3 Å². The van der Waals surface area contributed by atoms with E-state index in [1.807, 2.05) is 12.1 Å².